The molecule has 2 aromatic carbocycles. The third kappa shape index (κ3) is 3.23. The number of aryl methyl sites for hydroxylation is 1. The number of carbonyl (C=O) groups excluding carboxylic acids is 1. The van der Waals surface area contributed by atoms with Gasteiger partial charge in [-0.05, 0) is 29.7 Å². The van der Waals surface area contributed by atoms with Crippen molar-refractivity contribution in [1.29, 1.82) is 0 Å². The van der Waals surface area contributed by atoms with Crippen molar-refractivity contribution in [3.63, 3.8) is 0 Å². The van der Waals surface area contributed by atoms with Gasteiger partial charge in [0.15, 0.2) is 0 Å². The lowest BCUT2D eigenvalue weighted by atomic mass is 10.1. The fraction of sp³-hybridized carbons (Fsp3) is 0.200. The summed E-state index contributed by atoms with van der Waals surface area (Å²) in [4.78, 5) is 26.2. The van der Waals surface area contributed by atoms with Gasteiger partial charge in [-0.25, -0.2) is 4.79 Å². The highest BCUT2D eigenvalue weighted by Crippen LogP contribution is 2.14. The summed E-state index contributed by atoms with van der Waals surface area (Å²) < 4.78 is 5.24. The van der Waals surface area contributed by atoms with Crippen molar-refractivity contribution in [1.82, 2.24) is 4.90 Å². The van der Waals surface area contributed by atoms with E-state index < -0.39 is 5.63 Å². The maximum absolute atomic E-state index is 12.6. The standard InChI is InChI=1S/C20H19NO3/c1-3-14-8-10-15(11-9-14)13-21(2)19(22)17-12-16-6-4-5-7-18(16)24-20(17)23/h4-12H,3,13H2,1-2H3. The van der Waals surface area contributed by atoms with Crippen molar-refractivity contribution >= 4 is 16.9 Å². The molecule has 0 bridgehead atoms. The minimum atomic E-state index is -0.605. The van der Waals surface area contributed by atoms with E-state index in [0.29, 0.717) is 12.1 Å². The van der Waals surface area contributed by atoms with E-state index in [4.69, 9.17) is 4.42 Å². The summed E-state index contributed by atoms with van der Waals surface area (Å²) in [5, 5.41) is 0.737. The zero-order chi connectivity index (χ0) is 17.1. The van der Waals surface area contributed by atoms with Crippen LogP contribution in [0.4, 0.5) is 0 Å². The summed E-state index contributed by atoms with van der Waals surface area (Å²) in [5.41, 5.74) is 2.21. The molecule has 0 aliphatic carbocycles. The molecule has 1 heterocycles. The lowest BCUT2D eigenvalue weighted by Crippen LogP contribution is -2.30. The fourth-order valence-corrected chi connectivity index (χ4v) is 2.64. The van der Waals surface area contributed by atoms with E-state index in [1.165, 1.54) is 10.5 Å². The second-order valence-corrected chi connectivity index (χ2v) is 5.82. The molecular formula is C20H19NO3. The first-order valence-corrected chi connectivity index (χ1v) is 7.94. The molecule has 1 aromatic heterocycles. The lowest BCUT2D eigenvalue weighted by molar-refractivity contribution is 0.0781. The van der Waals surface area contributed by atoms with Gasteiger partial charge in [-0.3, -0.25) is 4.79 Å². The number of amides is 1. The van der Waals surface area contributed by atoms with Crippen molar-refractivity contribution in [2.75, 3.05) is 7.05 Å². The van der Waals surface area contributed by atoms with Crippen molar-refractivity contribution in [3.8, 4) is 0 Å². The predicted molar refractivity (Wildman–Crippen MR) is 94.1 cm³/mol. The maximum Gasteiger partial charge on any atom is 0.349 e. The predicted octanol–water partition coefficient (Wildman–Crippen LogP) is 3.63. The molecule has 0 aliphatic rings. The molecule has 0 N–H and O–H groups in total. The second kappa shape index (κ2) is 6.71. The molecular weight excluding hydrogens is 302 g/mol. The molecule has 0 radical (unpaired) electrons. The number of fused-ring (bicyclic) bond motifs is 1. The Kier molecular flexibility index (Phi) is 4.47. The van der Waals surface area contributed by atoms with Crippen LogP contribution in [-0.2, 0) is 13.0 Å². The highest BCUT2D eigenvalue weighted by molar-refractivity contribution is 5.96. The first-order valence-electron chi connectivity index (χ1n) is 7.94. The van der Waals surface area contributed by atoms with Gasteiger partial charge in [0.1, 0.15) is 11.1 Å². The van der Waals surface area contributed by atoms with E-state index in [9.17, 15) is 9.59 Å². The molecule has 24 heavy (non-hydrogen) atoms. The molecule has 0 spiro atoms. The fourth-order valence-electron chi connectivity index (χ4n) is 2.64. The molecule has 0 atom stereocenters. The molecule has 4 nitrogen and oxygen atoms in total. The van der Waals surface area contributed by atoms with Gasteiger partial charge in [-0.15, -0.1) is 0 Å². The SMILES string of the molecule is CCc1ccc(CN(C)C(=O)c2cc3ccccc3oc2=O)cc1. The largest absolute Gasteiger partial charge is 0.422 e. The van der Waals surface area contributed by atoms with Crippen LogP contribution < -0.4 is 5.63 Å². The molecule has 1 amide bonds. The van der Waals surface area contributed by atoms with Gasteiger partial charge in [0.25, 0.3) is 5.91 Å². The second-order valence-electron chi connectivity index (χ2n) is 5.82. The van der Waals surface area contributed by atoms with Gasteiger partial charge >= 0.3 is 5.63 Å². The van der Waals surface area contributed by atoms with Gasteiger partial charge in [-0.2, -0.15) is 0 Å². The first-order chi connectivity index (χ1) is 11.6. The van der Waals surface area contributed by atoms with Gasteiger partial charge < -0.3 is 9.32 Å². The van der Waals surface area contributed by atoms with E-state index >= 15 is 0 Å². The van der Waals surface area contributed by atoms with Crippen LogP contribution in [0.1, 0.15) is 28.4 Å². The quantitative estimate of drug-likeness (QED) is 0.690. The summed E-state index contributed by atoms with van der Waals surface area (Å²) in [6.45, 7) is 2.54. The Hall–Kier alpha value is -2.88. The molecule has 0 unspecified atom stereocenters. The van der Waals surface area contributed by atoms with Crippen molar-refractivity contribution in [3.05, 3.63) is 81.7 Å². The molecule has 3 aromatic rings. The third-order valence-corrected chi connectivity index (χ3v) is 4.07. The normalized spacial score (nSPS) is 10.8. The number of benzene rings is 2. The average Bonchev–Trinajstić information content (AvgIpc) is 2.61. The lowest BCUT2D eigenvalue weighted by Gasteiger charge is -2.17. The summed E-state index contributed by atoms with van der Waals surface area (Å²) in [6, 6.07) is 16.9. The summed E-state index contributed by atoms with van der Waals surface area (Å²) >= 11 is 0. The van der Waals surface area contributed by atoms with Crippen LogP contribution in [0.3, 0.4) is 0 Å². The smallest absolute Gasteiger partial charge is 0.349 e. The van der Waals surface area contributed by atoms with Crippen LogP contribution in [0.2, 0.25) is 0 Å². The molecule has 0 aliphatic heterocycles. The molecule has 3 rings (SSSR count). The van der Waals surface area contributed by atoms with Crippen LogP contribution in [0.15, 0.2) is 63.8 Å². The monoisotopic (exact) mass is 321 g/mol. The first kappa shape index (κ1) is 16.0. The van der Waals surface area contributed by atoms with Crippen LogP contribution in [0.25, 0.3) is 11.0 Å². The Morgan fingerprint density at radius 3 is 2.42 bits per heavy atom. The minimum Gasteiger partial charge on any atom is -0.422 e. The topological polar surface area (TPSA) is 50.5 Å². The van der Waals surface area contributed by atoms with E-state index in [0.717, 1.165) is 17.4 Å². The maximum atomic E-state index is 12.6. The zero-order valence-corrected chi connectivity index (χ0v) is 13.8. The van der Waals surface area contributed by atoms with Crippen LogP contribution in [-0.4, -0.2) is 17.9 Å². The summed E-state index contributed by atoms with van der Waals surface area (Å²) in [5.74, 6) is -0.339. The van der Waals surface area contributed by atoms with Crippen LogP contribution >= 0.6 is 0 Å². The van der Waals surface area contributed by atoms with E-state index in [1.54, 1.807) is 25.2 Å². The molecule has 0 saturated carbocycles. The molecule has 4 heteroatoms. The van der Waals surface area contributed by atoms with E-state index in [1.807, 2.05) is 24.3 Å². The van der Waals surface area contributed by atoms with Crippen molar-refractivity contribution in [2.45, 2.75) is 19.9 Å². The highest BCUT2D eigenvalue weighted by atomic mass is 16.4. The molecule has 0 saturated heterocycles. The molecule has 0 fully saturated rings. The number of nitrogens with zero attached hydrogens (tertiary/aromatic N) is 1. The van der Waals surface area contributed by atoms with Gasteiger partial charge in [-0.1, -0.05) is 49.4 Å². The highest BCUT2D eigenvalue weighted by Gasteiger charge is 2.18. The minimum absolute atomic E-state index is 0.0568. The Morgan fingerprint density at radius 1 is 1.04 bits per heavy atom. The number of carbonyl (C=O) groups is 1. The van der Waals surface area contributed by atoms with Crippen LogP contribution in [0.5, 0.6) is 0 Å². The third-order valence-electron chi connectivity index (χ3n) is 4.07. The Morgan fingerprint density at radius 2 is 1.71 bits per heavy atom. The molecule has 122 valence electrons. The Bertz CT molecular complexity index is 926. The number of rotatable bonds is 4. The average molecular weight is 321 g/mol. The van der Waals surface area contributed by atoms with Crippen molar-refractivity contribution < 1.29 is 9.21 Å². The van der Waals surface area contributed by atoms with E-state index in [2.05, 4.69) is 19.1 Å². The Labute approximate surface area is 140 Å². The number of hydrogen-bond acceptors (Lipinski definition) is 3. The van der Waals surface area contributed by atoms with E-state index in [-0.39, 0.29) is 11.5 Å². The van der Waals surface area contributed by atoms with Gasteiger partial charge in [0, 0.05) is 19.0 Å². The number of hydrogen-bond donors (Lipinski definition) is 0. The zero-order valence-electron chi connectivity index (χ0n) is 13.8. The van der Waals surface area contributed by atoms with Gasteiger partial charge in [0.05, 0.1) is 0 Å². The summed E-state index contributed by atoms with van der Waals surface area (Å²) in [6.07, 6.45) is 0.979. The van der Waals surface area contributed by atoms with Crippen molar-refractivity contribution in [2.24, 2.45) is 0 Å². The van der Waals surface area contributed by atoms with Gasteiger partial charge in [0.2, 0.25) is 0 Å². The number of para-hydroxylation sites is 1. The summed E-state index contributed by atoms with van der Waals surface area (Å²) in [7, 11) is 1.69. The Balaban J connectivity index is 1.84. The van der Waals surface area contributed by atoms with Crippen LogP contribution in [0, 0.1) is 0 Å².